The summed E-state index contributed by atoms with van der Waals surface area (Å²) >= 11 is 4.94. The lowest BCUT2D eigenvalue weighted by molar-refractivity contribution is 0.561. The fraction of sp³-hybridized carbons (Fsp3) is 0.231. The largest absolute Gasteiger partial charge is 0.207 e. The molecular weight excluding hydrogens is 306 g/mol. The molecule has 1 aromatic heterocycles. The van der Waals surface area contributed by atoms with Crippen molar-refractivity contribution in [2.45, 2.75) is 18.2 Å². The Hall–Kier alpha value is -0.740. The first-order chi connectivity index (χ1) is 8.13. The van der Waals surface area contributed by atoms with E-state index >= 15 is 0 Å². The van der Waals surface area contributed by atoms with Crippen LogP contribution in [0.2, 0.25) is 0 Å². The molecule has 1 aromatic carbocycles. The van der Waals surface area contributed by atoms with Gasteiger partial charge >= 0.3 is 0 Å². The number of rotatable bonds is 3. The van der Waals surface area contributed by atoms with Gasteiger partial charge in [-0.1, -0.05) is 28.9 Å². The Kier molecular flexibility index (Phi) is 3.94. The van der Waals surface area contributed by atoms with Crippen molar-refractivity contribution in [3.05, 3.63) is 57.3 Å². The number of hydrogen-bond acceptors (Lipinski definition) is 1. The molecule has 0 nitrogen and oxygen atoms in total. The van der Waals surface area contributed by atoms with Crippen LogP contribution in [0, 0.1) is 11.6 Å². The van der Waals surface area contributed by atoms with Crippen LogP contribution in [-0.2, 0) is 6.42 Å². The molecule has 2 aromatic rings. The highest BCUT2D eigenvalue weighted by atomic mass is 79.9. The van der Waals surface area contributed by atoms with E-state index in [0.29, 0.717) is 0 Å². The lowest BCUT2D eigenvalue weighted by Crippen LogP contribution is -1.98. The molecule has 1 unspecified atom stereocenters. The van der Waals surface area contributed by atoms with Crippen LogP contribution in [0.5, 0.6) is 0 Å². The monoisotopic (exact) mass is 316 g/mol. The quantitative estimate of drug-likeness (QED) is 0.693. The van der Waals surface area contributed by atoms with Gasteiger partial charge in [0.1, 0.15) is 11.6 Å². The average Bonchev–Trinajstić information content (AvgIpc) is 2.77. The van der Waals surface area contributed by atoms with E-state index in [9.17, 15) is 8.78 Å². The second-order valence-corrected chi connectivity index (χ2v) is 5.77. The predicted molar refractivity (Wildman–Crippen MR) is 70.8 cm³/mol. The molecule has 1 heterocycles. The fourth-order valence-corrected chi connectivity index (χ4v) is 3.43. The van der Waals surface area contributed by atoms with E-state index in [-0.39, 0.29) is 5.56 Å². The molecule has 0 saturated heterocycles. The lowest BCUT2D eigenvalue weighted by atomic mass is 10.1. The van der Waals surface area contributed by atoms with Crippen LogP contribution in [0.3, 0.4) is 0 Å². The van der Waals surface area contributed by atoms with Gasteiger partial charge in [0.25, 0.3) is 0 Å². The number of thiophene rings is 1. The maximum atomic E-state index is 13.6. The predicted octanol–water partition coefficient (Wildman–Crippen LogP) is 5.07. The van der Waals surface area contributed by atoms with Crippen molar-refractivity contribution < 1.29 is 8.78 Å². The molecule has 0 bridgehead atoms. The average molecular weight is 317 g/mol. The number of alkyl halides is 1. The van der Waals surface area contributed by atoms with E-state index < -0.39 is 16.5 Å². The first-order valence-corrected chi connectivity index (χ1v) is 7.03. The highest BCUT2D eigenvalue weighted by Crippen LogP contribution is 2.37. The molecule has 0 saturated carbocycles. The van der Waals surface area contributed by atoms with E-state index in [1.807, 2.05) is 12.1 Å². The fourth-order valence-electron chi connectivity index (χ4n) is 1.62. The molecule has 0 aliphatic carbocycles. The molecule has 0 spiro atoms. The highest BCUT2D eigenvalue weighted by molar-refractivity contribution is 9.09. The normalized spacial score (nSPS) is 12.7. The summed E-state index contributed by atoms with van der Waals surface area (Å²) in [5, 5.41) is 0. The first kappa shape index (κ1) is 12.7. The molecule has 2 rings (SSSR count). The van der Waals surface area contributed by atoms with Gasteiger partial charge in [-0.3, -0.25) is 0 Å². The second kappa shape index (κ2) is 5.27. The van der Waals surface area contributed by atoms with Crippen LogP contribution >= 0.6 is 27.3 Å². The molecule has 17 heavy (non-hydrogen) atoms. The molecule has 1 atom stereocenters. The Balaban J connectivity index is 2.39. The van der Waals surface area contributed by atoms with E-state index in [1.54, 1.807) is 11.3 Å². The Morgan fingerprint density at radius 3 is 2.35 bits per heavy atom. The summed E-state index contributed by atoms with van der Waals surface area (Å²) in [7, 11) is 0. The molecule has 0 aliphatic heterocycles. The van der Waals surface area contributed by atoms with Crippen molar-refractivity contribution in [3.8, 4) is 0 Å². The zero-order valence-corrected chi connectivity index (χ0v) is 11.6. The Bertz CT molecular complexity index is 502. The van der Waals surface area contributed by atoms with Gasteiger partial charge in [-0.15, -0.1) is 11.3 Å². The number of hydrogen-bond donors (Lipinski definition) is 0. The number of halogens is 3. The molecule has 0 N–H and O–H groups in total. The smallest absolute Gasteiger partial charge is 0.130 e. The van der Waals surface area contributed by atoms with Gasteiger partial charge in [-0.05, 0) is 30.7 Å². The number of benzene rings is 1. The van der Waals surface area contributed by atoms with Crippen molar-refractivity contribution in [1.29, 1.82) is 0 Å². The minimum absolute atomic E-state index is 0.0806. The van der Waals surface area contributed by atoms with Gasteiger partial charge in [-0.25, -0.2) is 8.78 Å². The third kappa shape index (κ3) is 2.58. The molecule has 0 radical (unpaired) electrons. The van der Waals surface area contributed by atoms with E-state index in [4.69, 9.17) is 0 Å². The summed E-state index contributed by atoms with van der Waals surface area (Å²) in [6.45, 7) is 2.06. The van der Waals surface area contributed by atoms with Gasteiger partial charge in [0.2, 0.25) is 0 Å². The van der Waals surface area contributed by atoms with Gasteiger partial charge in [0.05, 0.1) is 4.83 Å². The van der Waals surface area contributed by atoms with Gasteiger partial charge in [0, 0.05) is 15.3 Å². The van der Waals surface area contributed by atoms with Crippen molar-refractivity contribution in [1.82, 2.24) is 0 Å². The molecular formula is C13H11BrF2S. The molecule has 90 valence electrons. The van der Waals surface area contributed by atoms with Crippen LogP contribution < -0.4 is 0 Å². The summed E-state index contributed by atoms with van der Waals surface area (Å²) in [6, 6.07) is 7.84. The van der Waals surface area contributed by atoms with Gasteiger partial charge < -0.3 is 0 Å². The maximum Gasteiger partial charge on any atom is 0.130 e. The first-order valence-electron chi connectivity index (χ1n) is 5.30. The van der Waals surface area contributed by atoms with E-state index in [0.717, 1.165) is 11.3 Å². The second-order valence-electron chi connectivity index (χ2n) is 3.66. The SMILES string of the molecule is CCc1ccc(C(Br)c2c(F)cccc2F)s1. The van der Waals surface area contributed by atoms with Crippen molar-refractivity contribution in [2.75, 3.05) is 0 Å². The molecule has 4 heteroatoms. The zero-order valence-electron chi connectivity index (χ0n) is 9.21. The van der Waals surface area contributed by atoms with Crippen LogP contribution in [-0.4, -0.2) is 0 Å². The van der Waals surface area contributed by atoms with Crippen LogP contribution in [0.15, 0.2) is 30.3 Å². The van der Waals surface area contributed by atoms with Crippen molar-refractivity contribution in [3.63, 3.8) is 0 Å². The zero-order chi connectivity index (χ0) is 12.4. The highest BCUT2D eigenvalue weighted by Gasteiger charge is 2.20. The summed E-state index contributed by atoms with van der Waals surface area (Å²) in [6.07, 6.45) is 0.935. The van der Waals surface area contributed by atoms with Crippen LogP contribution in [0.1, 0.15) is 27.1 Å². The summed E-state index contributed by atoms with van der Waals surface area (Å²) in [4.78, 5) is 1.71. The maximum absolute atomic E-state index is 13.6. The number of aryl methyl sites for hydroxylation is 1. The minimum atomic E-state index is -0.515. The van der Waals surface area contributed by atoms with Gasteiger partial charge in [-0.2, -0.15) is 0 Å². The van der Waals surface area contributed by atoms with E-state index in [2.05, 4.69) is 22.9 Å². The summed E-state index contributed by atoms with van der Waals surface area (Å²) in [5.74, 6) is -1.03. The lowest BCUT2D eigenvalue weighted by Gasteiger charge is -2.10. The molecule has 0 fully saturated rings. The van der Waals surface area contributed by atoms with Crippen LogP contribution in [0.4, 0.5) is 8.78 Å². The third-order valence-electron chi connectivity index (χ3n) is 2.53. The molecule has 0 amide bonds. The minimum Gasteiger partial charge on any atom is -0.207 e. The van der Waals surface area contributed by atoms with Crippen LogP contribution in [0.25, 0.3) is 0 Å². The summed E-state index contributed by atoms with van der Waals surface area (Å²) < 4.78 is 27.2. The topological polar surface area (TPSA) is 0 Å². The Labute approximate surface area is 111 Å². The standard InChI is InChI=1S/C13H11BrF2S/c1-2-8-6-7-11(17-8)13(14)12-9(15)4-3-5-10(12)16/h3-7,13H,2H2,1H3. The third-order valence-corrected chi connectivity index (χ3v) is 5.08. The Morgan fingerprint density at radius 2 is 1.82 bits per heavy atom. The van der Waals surface area contributed by atoms with Crippen molar-refractivity contribution >= 4 is 27.3 Å². The molecule has 0 aliphatic rings. The Morgan fingerprint density at radius 1 is 1.18 bits per heavy atom. The van der Waals surface area contributed by atoms with Gasteiger partial charge in [0.15, 0.2) is 0 Å². The summed E-state index contributed by atoms with van der Waals surface area (Å²) in [5.41, 5.74) is 0.0806. The van der Waals surface area contributed by atoms with E-state index in [1.165, 1.54) is 23.1 Å². The van der Waals surface area contributed by atoms with Crippen molar-refractivity contribution in [2.24, 2.45) is 0 Å².